The minimum absolute atomic E-state index is 0.0147. The van der Waals surface area contributed by atoms with E-state index in [0.29, 0.717) is 18.5 Å². The third-order valence-electron chi connectivity index (χ3n) is 4.25. The van der Waals surface area contributed by atoms with Gasteiger partial charge in [0, 0.05) is 12.2 Å². The summed E-state index contributed by atoms with van der Waals surface area (Å²) in [5.74, 6) is -1.50. The van der Waals surface area contributed by atoms with E-state index in [9.17, 15) is 14.7 Å². The number of hydrogen-bond donors (Lipinski definition) is 3. The molecule has 0 aliphatic rings. The molecule has 0 heterocycles. The molecule has 0 aliphatic heterocycles. The van der Waals surface area contributed by atoms with Gasteiger partial charge in [-0.25, -0.2) is 0 Å². The minimum Gasteiger partial charge on any atom is -0.388 e. The Morgan fingerprint density at radius 3 is 2.23 bits per heavy atom. The van der Waals surface area contributed by atoms with Gasteiger partial charge in [-0.1, -0.05) is 49.4 Å². The fraction of sp³-hybridized carbons (Fsp3) is 0.333. The van der Waals surface area contributed by atoms with E-state index in [1.54, 1.807) is 19.1 Å². The topological polar surface area (TPSA) is 78.4 Å². The first kappa shape index (κ1) is 19.7. The summed E-state index contributed by atoms with van der Waals surface area (Å²) < 4.78 is 0. The molecule has 0 radical (unpaired) electrons. The van der Waals surface area contributed by atoms with Crippen molar-refractivity contribution in [2.45, 2.75) is 38.7 Å². The van der Waals surface area contributed by atoms with Crippen molar-refractivity contribution < 1.29 is 14.7 Å². The van der Waals surface area contributed by atoms with Crippen molar-refractivity contribution in [2.75, 3.05) is 11.9 Å². The lowest BCUT2D eigenvalue weighted by Gasteiger charge is -2.23. The largest absolute Gasteiger partial charge is 0.388 e. The van der Waals surface area contributed by atoms with Gasteiger partial charge in [0.2, 0.25) is 0 Å². The van der Waals surface area contributed by atoms with Crippen molar-refractivity contribution in [3.8, 4) is 0 Å². The molecule has 2 aromatic carbocycles. The Labute approximate surface area is 154 Å². The Morgan fingerprint density at radius 1 is 0.962 bits per heavy atom. The highest BCUT2D eigenvalue weighted by Crippen LogP contribution is 2.13. The van der Waals surface area contributed by atoms with Crippen LogP contribution in [0.1, 0.15) is 31.4 Å². The number of benzene rings is 2. The van der Waals surface area contributed by atoms with Crippen molar-refractivity contribution in [3.05, 3.63) is 65.7 Å². The smallest absolute Gasteiger partial charge is 0.313 e. The first-order valence-corrected chi connectivity index (χ1v) is 8.84. The predicted molar refractivity (Wildman–Crippen MR) is 103 cm³/mol. The SMILES string of the molecule is CCc1ccc(NC(=O)C(=O)NCC(C)(O)CCc2ccccc2)cc1. The molecule has 0 bridgehead atoms. The predicted octanol–water partition coefficient (Wildman–Crippen LogP) is 2.69. The number of aryl methyl sites for hydroxylation is 2. The van der Waals surface area contributed by atoms with Gasteiger partial charge < -0.3 is 15.7 Å². The number of nitrogens with one attached hydrogen (secondary N) is 2. The molecule has 5 heteroatoms. The Bertz CT molecular complexity index is 725. The fourth-order valence-corrected chi connectivity index (χ4v) is 2.51. The second-order valence-electron chi connectivity index (χ2n) is 6.67. The van der Waals surface area contributed by atoms with E-state index >= 15 is 0 Å². The highest BCUT2D eigenvalue weighted by Gasteiger charge is 2.23. The van der Waals surface area contributed by atoms with E-state index < -0.39 is 17.4 Å². The third-order valence-corrected chi connectivity index (χ3v) is 4.25. The number of carbonyl (C=O) groups is 2. The number of rotatable bonds is 7. The van der Waals surface area contributed by atoms with Crippen molar-refractivity contribution in [2.24, 2.45) is 0 Å². The van der Waals surface area contributed by atoms with Crippen LogP contribution in [0.15, 0.2) is 54.6 Å². The van der Waals surface area contributed by atoms with Crippen LogP contribution >= 0.6 is 0 Å². The third kappa shape index (κ3) is 6.33. The van der Waals surface area contributed by atoms with E-state index in [-0.39, 0.29) is 6.54 Å². The number of aliphatic hydroxyl groups is 1. The van der Waals surface area contributed by atoms with Crippen LogP contribution in [0.3, 0.4) is 0 Å². The van der Waals surface area contributed by atoms with Crippen LogP contribution in [-0.2, 0) is 22.4 Å². The summed E-state index contributed by atoms with van der Waals surface area (Å²) >= 11 is 0. The second kappa shape index (κ2) is 9.15. The zero-order chi connectivity index (χ0) is 19.0. The van der Waals surface area contributed by atoms with E-state index in [4.69, 9.17) is 0 Å². The summed E-state index contributed by atoms with van der Waals surface area (Å²) in [4.78, 5) is 23.9. The number of anilines is 1. The van der Waals surface area contributed by atoms with Gasteiger partial charge in [-0.2, -0.15) is 0 Å². The van der Waals surface area contributed by atoms with Crippen LogP contribution in [-0.4, -0.2) is 29.1 Å². The van der Waals surface area contributed by atoms with Gasteiger partial charge in [-0.15, -0.1) is 0 Å². The van der Waals surface area contributed by atoms with E-state index in [0.717, 1.165) is 17.5 Å². The summed E-state index contributed by atoms with van der Waals surface area (Å²) in [6.07, 6.45) is 2.09. The van der Waals surface area contributed by atoms with Crippen LogP contribution < -0.4 is 10.6 Å². The first-order valence-electron chi connectivity index (χ1n) is 8.84. The molecule has 0 saturated carbocycles. The molecule has 138 valence electrons. The van der Waals surface area contributed by atoms with E-state index in [1.807, 2.05) is 49.4 Å². The second-order valence-corrected chi connectivity index (χ2v) is 6.67. The van der Waals surface area contributed by atoms with Crippen LogP contribution in [0, 0.1) is 0 Å². The maximum Gasteiger partial charge on any atom is 0.313 e. The summed E-state index contributed by atoms with van der Waals surface area (Å²) in [6.45, 7) is 3.71. The van der Waals surface area contributed by atoms with Gasteiger partial charge in [0.05, 0.1) is 5.60 Å². The normalized spacial score (nSPS) is 12.9. The fourth-order valence-electron chi connectivity index (χ4n) is 2.51. The molecule has 0 aromatic heterocycles. The summed E-state index contributed by atoms with van der Waals surface area (Å²) in [5.41, 5.74) is 1.75. The molecule has 0 saturated heterocycles. The lowest BCUT2D eigenvalue weighted by atomic mass is 9.97. The van der Waals surface area contributed by atoms with Crippen molar-refractivity contribution >= 4 is 17.5 Å². The summed E-state index contributed by atoms with van der Waals surface area (Å²) in [6, 6.07) is 17.2. The highest BCUT2D eigenvalue weighted by molar-refractivity contribution is 6.39. The molecule has 26 heavy (non-hydrogen) atoms. The Balaban J connectivity index is 1.79. The van der Waals surface area contributed by atoms with Gasteiger partial charge in [0.15, 0.2) is 0 Å². The number of carbonyl (C=O) groups excluding carboxylic acids is 2. The zero-order valence-corrected chi connectivity index (χ0v) is 15.3. The van der Waals surface area contributed by atoms with Crippen LogP contribution in [0.2, 0.25) is 0 Å². The summed E-state index contributed by atoms with van der Waals surface area (Å²) in [7, 11) is 0. The quantitative estimate of drug-likeness (QED) is 0.669. The molecule has 5 nitrogen and oxygen atoms in total. The molecular weight excluding hydrogens is 328 g/mol. The van der Waals surface area contributed by atoms with Crippen LogP contribution in [0.4, 0.5) is 5.69 Å². The van der Waals surface area contributed by atoms with Crippen molar-refractivity contribution in [1.82, 2.24) is 5.32 Å². The van der Waals surface area contributed by atoms with Crippen molar-refractivity contribution in [3.63, 3.8) is 0 Å². The van der Waals surface area contributed by atoms with Gasteiger partial charge in [0.1, 0.15) is 0 Å². The standard InChI is InChI=1S/C21H26N2O3/c1-3-16-9-11-18(12-10-16)23-20(25)19(24)22-15-21(2,26)14-13-17-7-5-4-6-8-17/h4-12,26H,3,13-15H2,1-2H3,(H,22,24)(H,23,25). The average molecular weight is 354 g/mol. The molecule has 2 rings (SSSR count). The van der Waals surface area contributed by atoms with E-state index in [2.05, 4.69) is 10.6 Å². The number of amides is 2. The van der Waals surface area contributed by atoms with Crippen molar-refractivity contribution in [1.29, 1.82) is 0 Å². The van der Waals surface area contributed by atoms with E-state index in [1.165, 1.54) is 0 Å². The zero-order valence-electron chi connectivity index (χ0n) is 15.3. The molecule has 1 unspecified atom stereocenters. The van der Waals surface area contributed by atoms with Gasteiger partial charge in [-0.3, -0.25) is 9.59 Å². The molecule has 2 aromatic rings. The Morgan fingerprint density at radius 2 is 1.62 bits per heavy atom. The van der Waals surface area contributed by atoms with Crippen LogP contribution in [0.5, 0.6) is 0 Å². The highest BCUT2D eigenvalue weighted by atomic mass is 16.3. The van der Waals surface area contributed by atoms with Gasteiger partial charge in [-0.05, 0) is 49.4 Å². The maximum atomic E-state index is 12.0. The average Bonchev–Trinajstić information content (AvgIpc) is 2.66. The molecule has 0 spiro atoms. The van der Waals surface area contributed by atoms with Crippen LogP contribution in [0.25, 0.3) is 0 Å². The van der Waals surface area contributed by atoms with Gasteiger partial charge >= 0.3 is 11.8 Å². The molecular formula is C21H26N2O3. The molecule has 3 N–H and O–H groups in total. The minimum atomic E-state index is -1.09. The summed E-state index contributed by atoms with van der Waals surface area (Å²) in [5, 5.41) is 15.5. The molecule has 1 atom stereocenters. The molecule has 0 fully saturated rings. The lowest BCUT2D eigenvalue weighted by Crippen LogP contribution is -2.44. The lowest BCUT2D eigenvalue weighted by molar-refractivity contribution is -0.136. The monoisotopic (exact) mass is 354 g/mol. The van der Waals surface area contributed by atoms with Gasteiger partial charge in [0.25, 0.3) is 0 Å². The maximum absolute atomic E-state index is 12.0. The molecule has 2 amide bonds. The molecule has 0 aliphatic carbocycles. The Hall–Kier alpha value is -2.66. The Kier molecular flexibility index (Phi) is 6.92. The first-order chi connectivity index (χ1) is 12.4. The number of hydrogen-bond acceptors (Lipinski definition) is 3.